The van der Waals surface area contributed by atoms with E-state index in [1.54, 1.807) is 12.1 Å². The summed E-state index contributed by atoms with van der Waals surface area (Å²) in [5.74, 6) is -0.0503. The number of hydrogen-bond donors (Lipinski definition) is 0. The van der Waals surface area contributed by atoms with E-state index < -0.39 is 5.82 Å². The first-order chi connectivity index (χ1) is 15.9. The van der Waals surface area contributed by atoms with Crippen LogP contribution in [-0.4, -0.2) is 91.2 Å². The lowest BCUT2D eigenvalue weighted by molar-refractivity contribution is -0.138. The summed E-state index contributed by atoms with van der Waals surface area (Å²) in [7, 11) is 0. The molecule has 0 bridgehead atoms. The van der Waals surface area contributed by atoms with E-state index in [2.05, 4.69) is 4.90 Å². The second-order valence-electron chi connectivity index (χ2n) is 9.53. The van der Waals surface area contributed by atoms with Crippen LogP contribution in [-0.2, 0) is 9.59 Å². The summed E-state index contributed by atoms with van der Waals surface area (Å²) in [6.45, 7) is 7.40. The van der Waals surface area contributed by atoms with Gasteiger partial charge in [0.25, 0.3) is 0 Å². The predicted molar refractivity (Wildman–Crippen MR) is 125 cm³/mol. The zero-order valence-corrected chi connectivity index (χ0v) is 19.6. The van der Waals surface area contributed by atoms with Crippen molar-refractivity contribution in [2.24, 2.45) is 5.92 Å². The van der Waals surface area contributed by atoms with Crippen molar-refractivity contribution >= 4 is 23.3 Å². The fourth-order valence-electron chi connectivity index (χ4n) is 5.18. The Morgan fingerprint density at radius 2 is 1.55 bits per heavy atom. The number of hydrogen-bond acceptors (Lipinski definition) is 5. The van der Waals surface area contributed by atoms with E-state index >= 15 is 0 Å². The molecule has 3 aliphatic heterocycles. The largest absolute Gasteiger partial charge is 0.366 e. The Kier molecular flexibility index (Phi) is 7.63. The summed E-state index contributed by atoms with van der Waals surface area (Å²) < 4.78 is 14.5. The molecular formula is C25H35FN4O3. The first kappa shape index (κ1) is 23.7. The van der Waals surface area contributed by atoms with Crippen molar-refractivity contribution in [2.45, 2.75) is 39.0 Å². The predicted octanol–water partition coefficient (Wildman–Crippen LogP) is 2.40. The Balaban J connectivity index is 1.21. The fourth-order valence-corrected chi connectivity index (χ4v) is 5.18. The maximum absolute atomic E-state index is 14.5. The van der Waals surface area contributed by atoms with E-state index in [9.17, 15) is 18.8 Å². The summed E-state index contributed by atoms with van der Waals surface area (Å²) in [6.07, 6.45) is 5.10. The van der Waals surface area contributed by atoms with Crippen molar-refractivity contribution in [3.8, 4) is 0 Å². The molecule has 3 aliphatic rings. The fraction of sp³-hybridized carbons (Fsp3) is 0.640. The average molecular weight is 459 g/mol. The molecule has 0 spiro atoms. The van der Waals surface area contributed by atoms with Crippen LogP contribution in [0.15, 0.2) is 18.2 Å². The lowest BCUT2D eigenvalue weighted by atomic mass is 9.94. The number of piperidine rings is 2. The van der Waals surface area contributed by atoms with E-state index in [0.29, 0.717) is 49.9 Å². The number of piperazine rings is 1. The van der Waals surface area contributed by atoms with Crippen molar-refractivity contribution in [1.82, 2.24) is 14.7 Å². The molecule has 7 nitrogen and oxygen atoms in total. The zero-order valence-electron chi connectivity index (χ0n) is 19.6. The van der Waals surface area contributed by atoms with Gasteiger partial charge in [-0.3, -0.25) is 19.3 Å². The van der Waals surface area contributed by atoms with Crippen LogP contribution < -0.4 is 4.90 Å². The number of carbonyl (C=O) groups excluding carboxylic acids is 3. The standard InChI is InChI=1S/C25H35FN4O3/c1-19(31)21-5-6-23(22(26)17-21)28-13-15-29(16-14-28)24(32)18-27-11-7-20(8-12-27)25(33)30-9-3-2-4-10-30/h5-6,17,20H,2-4,7-16,18H2,1H3. The summed E-state index contributed by atoms with van der Waals surface area (Å²) >= 11 is 0. The molecule has 3 saturated heterocycles. The zero-order chi connectivity index (χ0) is 23.4. The molecule has 2 amide bonds. The Morgan fingerprint density at radius 1 is 0.879 bits per heavy atom. The van der Waals surface area contributed by atoms with Crippen LogP contribution in [0.25, 0.3) is 0 Å². The minimum absolute atomic E-state index is 0.0993. The number of anilines is 1. The first-order valence-corrected chi connectivity index (χ1v) is 12.3. The smallest absolute Gasteiger partial charge is 0.236 e. The van der Waals surface area contributed by atoms with E-state index in [-0.39, 0.29) is 17.6 Å². The molecule has 1 aromatic rings. The van der Waals surface area contributed by atoms with E-state index in [1.807, 2.05) is 14.7 Å². The lowest BCUT2D eigenvalue weighted by Crippen LogP contribution is -2.52. The average Bonchev–Trinajstić information content (AvgIpc) is 2.84. The van der Waals surface area contributed by atoms with Gasteiger partial charge in [-0.25, -0.2) is 4.39 Å². The van der Waals surface area contributed by atoms with Crippen LogP contribution in [0, 0.1) is 11.7 Å². The molecule has 180 valence electrons. The number of rotatable bonds is 5. The number of likely N-dealkylation sites (tertiary alicyclic amines) is 2. The maximum Gasteiger partial charge on any atom is 0.236 e. The molecule has 0 unspecified atom stereocenters. The van der Waals surface area contributed by atoms with Crippen LogP contribution in [0.3, 0.4) is 0 Å². The van der Waals surface area contributed by atoms with Gasteiger partial charge in [0.1, 0.15) is 5.82 Å². The van der Waals surface area contributed by atoms with E-state index in [0.717, 1.165) is 51.9 Å². The van der Waals surface area contributed by atoms with Gasteiger partial charge in [0.15, 0.2) is 5.78 Å². The van der Waals surface area contributed by atoms with Crippen LogP contribution >= 0.6 is 0 Å². The van der Waals surface area contributed by atoms with Crippen LogP contribution in [0.4, 0.5) is 10.1 Å². The highest BCUT2D eigenvalue weighted by molar-refractivity contribution is 5.94. The number of carbonyl (C=O) groups is 3. The maximum atomic E-state index is 14.5. The second-order valence-corrected chi connectivity index (χ2v) is 9.53. The molecule has 0 N–H and O–H groups in total. The third-order valence-corrected chi connectivity index (χ3v) is 7.29. The Labute approximate surface area is 195 Å². The number of halogens is 1. The topological polar surface area (TPSA) is 64.2 Å². The van der Waals surface area contributed by atoms with Crippen molar-refractivity contribution in [2.75, 3.05) is 63.8 Å². The number of nitrogens with zero attached hydrogens (tertiary/aromatic N) is 4. The van der Waals surface area contributed by atoms with Crippen molar-refractivity contribution in [3.05, 3.63) is 29.6 Å². The van der Waals surface area contributed by atoms with Crippen LogP contribution in [0.2, 0.25) is 0 Å². The van der Waals surface area contributed by atoms with Crippen molar-refractivity contribution in [3.63, 3.8) is 0 Å². The molecule has 3 fully saturated rings. The summed E-state index contributed by atoms with van der Waals surface area (Å²) in [4.78, 5) is 45.0. The molecule has 0 atom stereocenters. The third-order valence-electron chi connectivity index (χ3n) is 7.29. The van der Waals surface area contributed by atoms with Crippen LogP contribution in [0.1, 0.15) is 49.4 Å². The Hall–Kier alpha value is -2.48. The van der Waals surface area contributed by atoms with Gasteiger partial charge in [0, 0.05) is 50.7 Å². The minimum atomic E-state index is -0.399. The normalized spacial score (nSPS) is 20.7. The monoisotopic (exact) mass is 458 g/mol. The molecule has 8 heteroatoms. The highest BCUT2D eigenvalue weighted by Crippen LogP contribution is 2.24. The molecule has 0 aromatic heterocycles. The number of Topliss-reactive ketones (excluding diaryl/α,β-unsaturated/α-hetero) is 1. The van der Waals surface area contributed by atoms with Gasteiger partial charge in [-0.15, -0.1) is 0 Å². The molecule has 1 aromatic carbocycles. The number of benzene rings is 1. The Bertz CT molecular complexity index is 870. The SMILES string of the molecule is CC(=O)c1ccc(N2CCN(C(=O)CN3CCC(C(=O)N4CCCCC4)CC3)CC2)c(F)c1. The molecule has 0 aliphatic carbocycles. The molecular weight excluding hydrogens is 423 g/mol. The molecule has 33 heavy (non-hydrogen) atoms. The highest BCUT2D eigenvalue weighted by atomic mass is 19.1. The van der Waals surface area contributed by atoms with Gasteiger partial charge in [0.2, 0.25) is 11.8 Å². The van der Waals surface area contributed by atoms with Gasteiger partial charge in [-0.05, 0) is 70.3 Å². The summed E-state index contributed by atoms with van der Waals surface area (Å²) in [6, 6.07) is 4.59. The van der Waals surface area contributed by atoms with Crippen LogP contribution in [0.5, 0.6) is 0 Å². The van der Waals surface area contributed by atoms with Crippen molar-refractivity contribution in [1.29, 1.82) is 0 Å². The Morgan fingerprint density at radius 3 is 2.15 bits per heavy atom. The minimum Gasteiger partial charge on any atom is -0.366 e. The van der Waals surface area contributed by atoms with Crippen molar-refractivity contribution < 1.29 is 18.8 Å². The van der Waals surface area contributed by atoms with Gasteiger partial charge in [-0.1, -0.05) is 0 Å². The number of ketones is 1. The summed E-state index contributed by atoms with van der Waals surface area (Å²) in [5.41, 5.74) is 0.846. The second kappa shape index (κ2) is 10.6. The van der Waals surface area contributed by atoms with Gasteiger partial charge < -0.3 is 14.7 Å². The quantitative estimate of drug-likeness (QED) is 0.634. The first-order valence-electron chi connectivity index (χ1n) is 12.3. The van der Waals surface area contributed by atoms with E-state index in [1.165, 1.54) is 19.4 Å². The molecule has 4 rings (SSSR count). The van der Waals surface area contributed by atoms with E-state index in [4.69, 9.17) is 0 Å². The molecule has 3 heterocycles. The summed E-state index contributed by atoms with van der Waals surface area (Å²) in [5, 5.41) is 0. The van der Waals surface area contributed by atoms with Gasteiger partial charge in [-0.2, -0.15) is 0 Å². The lowest BCUT2D eigenvalue weighted by Gasteiger charge is -2.38. The third kappa shape index (κ3) is 5.72. The van der Waals surface area contributed by atoms with Gasteiger partial charge in [0.05, 0.1) is 12.2 Å². The van der Waals surface area contributed by atoms with Gasteiger partial charge >= 0.3 is 0 Å². The molecule has 0 saturated carbocycles. The number of amides is 2. The highest BCUT2D eigenvalue weighted by Gasteiger charge is 2.31. The molecule has 0 radical (unpaired) electrons.